The largest absolute Gasteiger partial charge is 0.491 e. The van der Waals surface area contributed by atoms with Gasteiger partial charge in [-0.1, -0.05) is 30.3 Å². The summed E-state index contributed by atoms with van der Waals surface area (Å²) in [5.74, 6) is 2.03. The highest BCUT2D eigenvalue weighted by Gasteiger charge is 2.31. The van der Waals surface area contributed by atoms with Gasteiger partial charge in [0.1, 0.15) is 11.5 Å². The molecule has 0 radical (unpaired) electrons. The van der Waals surface area contributed by atoms with Crippen LogP contribution in [0.1, 0.15) is 62.2 Å². The van der Waals surface area contributed by atoms with Gasteiger partial charge in [0.2, 0.25) is 0 Å². The van der Waals surface area contributed by atoms with Gasteiger partial charge >= 0.3 is 0 Å². The molecule has 3 rings (SSSR count). The van der Waals surface area contributed by atoms with Gasteiger partial charge in [0, 0.05) is 30.1 Å². The van der Waals surface area contributed by atoms with Gasteiger partial charge in [-0.15, -0.1) is 0 Å². The molecule has 1 unspecified atom stereocenters. The number of hydrogen-bond donors (Lipinski definition) is 0. The van der Waals surface area contributed by atoms with Crippen molar-refractivity contribution in [1.82, 2.24) is 10.1 Å². The molecule has 0 bridgehead atoms. The zero-order valence-electron chi connectivity index (χ0n) is 15.2. The molecule has 1 fully saturated rings. The summed E-state index contributed by atoms with van der Waals surface area (Å²) >= 11 is 0. The summed E-state index contributed by atoms with van der Waals surface area (Å²) in [6.45, 7) is 10.3. The monoisotopic (exact) mass is 328 g/mol. The van der Waals surface area contributed by atoms with Crippen molar-refractivity contribution >= 4 is 0 Å². The topological polar surface area (TPSA) is 38.5 Å². The van der Waals surface area contributed by atoms with Crippen LogP contribution in [-0.2, 0) is 13.0 Å². The molecule has 4 nitrogen and oxygen atoms in total. The summed E-state index contributed by atoms with van der Waals surface area (Å²) in [6, 6.07) is 8.78. The van der Waals surface area contributed by atoms with Crippen LogP contribution in [0.2, 0.25) is 0 Å². The fraction of sp³-hybridized carbons (Fsp3) is 0.550. The minimum Gasteiger partial charge on any atom is -0.491 e. The van der Waals surface area contributed by atoms with Crippen LogP contribution in [-0.4, -0.2) is 22.7 Å². The Balaban J connectivity index is 1.83. The van der Waals surface area contributed by atoms with E-state index in [-0.39, 0.29) is 6.10 Å². The lowest BCUT2D eigenvalue weighted by Crippen LogP contribution is -2.24. The van der Waals surface area contributed by atoms with Gasteiger partial charge < -0.3 is 9.26 Å². The Kier molecular flexibility index (Phi) is 5.24. The molecular weight excluding hydrogens is 300 g/mol. The van der Waals surface area contributed by atoms with Gasteiger partial charge in [-0.3, -0.25) is 4.90 Å². The lowest BCUT2D eigenvalue weighted by molar-refractivity contribution is 0.219. The Morgan fingerprint density at radius 1 is 1.33 bits per heavy atom. The van der Waals surface area contributed by atoms with Crippen molar-refractivity contribution < 1.29 is 9.26 Å². The molecule has 0 spiro atoms. The predicted octanol–water partition coefficient (Wildman–Crippen LogP) is 4.67. The molecule has 0 N–H and O–H groups in total. The van der Waals surface area contributed by atoms with Gasteiger partial charge in [0.25, 0.3) is 0 Å². The van der Waals surface area contributed by atoms with Crippen molar-refractivity contribution in [3.63, 3.8) is 0 Å². The maximum absolute atomic E-state index is 5.99. The van der Waals surface area contributed by atoms with Crippen LogP contribution in [0.4, 0.5) is 0 Å². The molecule has 1 atom stereocenters. The number of benzene rings is 1. The third-order valence-corrected chi connectivity index (χ3v) is 4.71. The van der Waals surface area contributed by atoms with E-state index in [1.807, 2.05) is 6.07 Å². The fourth-order valence-electron chi connectivity index (χ4n) is 3.67. The van der Waals surface area contributed by atoms with E-state index in [4.69, 9.17) is 9.26 Å². The summed E-state index contributed by atoms with van der Waals surface area (Å²) in [5.41, 5.74) is 3.60. The summed E-state index contributed by atoms with van der Waals surface area (Å²) < 4.78 is 11.5. The molecule has 2 aromatic rings. The van der Waals surface area contributed by atoms with Crippen LogP contribution >= 0.6 is 0 Å². The third kappa shape index (κ3) is 3.48. The zero-order valence-corrected chi connectivity index (χ0v) is 15.2. The number of hydrogen-bond acceptors (Lipinski definition) is 4. The van der Waals surface area contributed by atoms with E-state index in [0.717, 1.165) is 36.7 Å². The fourth-order valence-corrected chi connectivity index (χ4v) is 3.67. The summed E-state index contributed by atoms with van der Waals surface area (Å²) in [4.78, 5) is 2.54. The van der Waals surface area contributed by atoms with E-state index < -0.39 is 0 Å². The second-order valence-corrected chi connectivity index (χ2v) is 6.86. The second-order valence-electron chi connectivity index (χ2n) is 6.86. The number of likely N-dealkylation sites (tertiary alicyclic amines) is 1. The van der Waals surface area contributed by atoms with Crippen LogP contribution in [0.5, 0.6) is 5.75 Å². The Morgan fingerprint density at radius 3 is 2.88 bits per heavy atom. The molecule has 2 heterocycles. The van der Waals surface area contributed by atoms with Crippen LogP contribution in [0.3, 0.4) is 0 Å². The van der Waals surface area contributed by atoms with Crippen LogP contribution in [0, 0.1) is 6.92 Å². The average molecular weight is 328 g/mol. The average Bonchev–Trinajstić information content (AvgIpc) is 3.14. The molecule has 0 aliphatic carbocycles. The lowest BCUT2D eigenvalue weighted by atomic mass is 10.0. The number of ether oxygens (including phenoxy) is 1. The van der Waals surface area contributed by atoms with Crippen molar-refractivity contribution in [3.05, 3.63) is 46.8 Å². The molecule has 4 heteroatoms. The molecule has 1 aromatic heterocycles. The highest BCUT2D eigenvalue weighted by molar-refractivity contribution is 5.34. The number of aromatic nitrogens is 1. The Bertz CT molecular complexity index is 678. The molecule has 1 aliphatic rings. The molecule has 0 saturated carbocycles. The number of nitrogens with zero attached hydrogens (tertiary/aromatic N) is 2. The van der Waals surface area contributed by atoms with Gasteiger partial charge in [0.15, 0.2) is 0 Å². The van der Waals surface area contributed by atoms with E-state index in [1.54, 1.807) is 0 Å². The third-order valence-electron chi connectivity index (χ3n) is 4.71. The Labute approximate surface area is 144 Å². The molecule has 0 amide bonds. The minimum atomic E-state index is 0.188. The van der Waals surface area contributed by atoms with Crippen molar-refractivity contribution in [3.8, 4) is 5.75 Å². The molecular formula is C20H28N2O2. The molecule has 24 heavy (non-hydrogen) atoms. The highest BCUT2D eigenvalue weighted by atomic mass is 16.5. The highest BCUT2D eigenvalue weighted by Crippen LogP contribution is 2.37. The van der Waals surface area contributed by atoms with Gasteiger partial charge in [0.05, 0.1) is 11.8 Å². The van der Waals surface area contributed by atoms with Crippen LogP contribution in [0.25, 0.3) is 0 Å². The number of rotatable bonds is 6. The van der Waals surface area contributed by atoms with E-state index >= 15 is 0 Å². The summed E-state index contributed by atoms with van der Waals surface area (Å²) in [5, 5.41) is 4.20. The van der Waals surface area contributed by atoms with Crippen molar-refractivity contribution in [2.75, 3.05) is 6.54 Å². The van der Waals surface area contributed by atoms with E-state index in [0.29, 0.717) is 6.04 Å². The first kappa shape index (κ1) is 17.0. The van der Waals surface area contributed by atoms with Gasteiger partial charge in [-0.2, -0.15) is 0 Å². The molecule has 1 aliphatic heterocycles. The Morgan fingerprint density at radius 2 is 2.12 bits per heavy atom. The summed E-state index contributed by atoms with van der Waals surface area (Å²) in [7, 11) is 0. The maximum atomic E-state index is 5.99. The molecule has 1 aromatic carbocycles. The second kappa shape index (κ2) is 7.39. The van der Waals surface area contributed by atoms with Gasteiger partial charge in [-0.05, 0) is 46.2 Å². The number of para-hydroxylation sites is 1. The van der Waals surface area contributed by atoms with Crippen LogP contribution in [0.15, 0.2) is 28.8 Å². The lowest BCUT2D eigenvalue weighted by Gasteiger charge is -2.26. The quantitative estimate of drug-likeness (QED) is 0.772. The first-order valence-electron chi connectivity index (χ1n) is 9.03. The first-order valence-corrected chi connectivity index (χ1v) is 9.03. The number of aryl methyl sites for hydroxylation is 2. The standard InChI is InChI=1S/C20H28N2O2/c1-5-18-20(15(4)21-24-18)17-10-8-12-22(17)13-16-9-6-7-11-19(16)23-14(2)3/h6-7,9,11,14,17H,5,8,10,12-13H2,1-4H3. The van der Waals surface area contributed by atoms with Crippen LogP contribution < -0.4 is 4.74 Å². The van der Waals surface area contributed by atoms with Gasteiger partial charge in [-0.25, -0.2) is 0 Å². The van der Waals surface area contributed by atoms with E-state index in [9.17, 15) is 0 Å². The van der Waals surface area contributed by atoms with Crippen molar-refractivity contribution in [2.45, 2.75) is 65.6 Å². The normalized spacial score (nSPS) is 18.5. The summed E-state index contributed by atoms with van der Waals surface area (Å²) in [6.07, 6.45) is 3.47. The molecule has 130 valence electrons. The zero-order chi connectivity index (χ0) is 17.1. The SMILES string of the molecule is CCc1onc(C)c1C1CCCN1Cc1ccccc1OC(C)C. The van der Waals surface area contributed by atoms with E-state index in [2.05, 4.69) is 56.0 Å². The van der Waals surface area contributed by atoms with Crippen molar-refractivity contribution in [1.29, 1.82) is 0 Å². The molecule has 1 saturated heterocycles. The maximum Gasteiger partial charge on any atom is 0.141 e. The van der Waals surface area contributed by atoms with E-state index in [1.165, 1.54) is 24.0 Å². The predicted molar refractivity (Wildman–Crippen MR) is 95.2 cm³/mol. The minimum absolute atomic E-state index is 0.188. The smallest absolute Gasteiger partial charge is 0.141 e. The van der Waals surface area contributed by atoms with Crippen molar-refractivity contribution in [2.24, 2.45) is 0 Å². The first-order chi connectivity index (χ1) is 11.6. The Hall–Kier alpha value is -1.81.